The first-order chi connectivity index (χ1) is 19.2. The molecule has 5 aliphatic rings. The van der Waals surface area contributed by atoms with Gasteiger partial charge in [-0.1, -0.05) is 51.0 Å². The van der Waals surface area contributed by atoms with E-state index in [-0.39, 0.29) is 52.0 Å². The Balaban J connectivity index is 0.00000337. The van der Waals surface area contributed by atoms with Crippen molar-refractivity contribution < 1.29 is 30.8 Å². The van der Waals surface area contributed by atoms with E-state index in [0.717, 1.165) is 71.0 Å². The summed E-state index contributed by atoms with van der Waals surface area (Å²) in [6, 6.07) is 0.0167. The first-order valence-electron chi connectivity index (χ1n) is 14.7. The van der Waals surface area contributed by atoms with Crippen LogP contribution in [0, 0.1) is 30.6 Å². The van der Waals surface area contributed by atoms with Crippen molar-refractivity contribution in [3.8, 4) is 0 Å². The zero-order chi connectivity index (χ0) is 28.5. The molecule has 0 N–H and O–H groups in total. The first kappa shape index (κ1) is 29.5. The molecule has 5 heterocycles. The van der Waals surface area contributed by atoms with Gasteiger partial charge in [-0.3, -0.25) is 14.6 Å². The molecule has 3 unspecified atom stereocenters. The minimum atomic E-state index is -0.651. The van der Waals surface area contributed by atoms with Crippen LogP contribution in [0.15, 0.2) is 49.9 Å². The fourth-order valence-corrected chi connectivity index (χ4v) is 7.38. The second-order valence-corrected chi connectivity index (χ2v) is 11.8. The summed E-state index contributed by atoms with van der Waals surface area (Å²) in [5.74, 6) is -0.819. The smallest absolute Gasteiger partial charge is 0.663 e. The van der Waals surface area contributed by atoms with Gasteiger partial charge in [0.05, 0.1) is 30.5 Å². The quantitative estimate of drug-likeness (QED) is 0.317. The van der Waals surface area contributed by atoms with E-state index in [1.807, 2.05) is 13.0 Å². The topological polar surface area (TPSA) is 96.3 Å². The van der Waals surface area contributed by atoms with Crippen LogP contribution in [0.3, 0.4) is 0 Å². The monoisotopic (exact) mass is 596 g/mol. The number of rotatable bonds is 3. The molecule has 0 radical (unpaired) electrons. The fraction of sp³-hybridized carbons (Fsp3) is 0.515. The minimum absolute atomic E-state index is 0. The van der Waals surface area contributed by atoms with Crippen LogP contribution >= 0.6 is 0 Å². The molecular formula is C33H38N4NiO3. The minimum Gasteiger partial charge on any atom is -0.663 e. The van der Waals surface area contributed by atoms with Gasteiger partial charge in [0.25, 0.3) is 0 Å². The van der Waals surface area contributed by atoms with Crippen molar-refractivity contribution in [1.29, 1.82) is 0 Å². The van der Waals surface area contributed by atoms with Gasteiger partial charge >= 0.3 is 22.5 Å². The number of methoxy groups -OCH3 is 1. The predicted octanol–water partition coefficient (Wildman–Crippen LogP) is 5.98. The predicted molar refractivity (Wildman–Crippen MR) is 157 cm³/mol. The molecule has 218 valence electrons. The number of nitrogens with zero attached hydrogens (tertiary/aromatic N) is 4. The van der Waals surface area contributed by atoms with Crippen molar-refractivity contribution in [3.05, 3.63) is 67.7 Å². The van der Waals surface area contributed by atoms with Gasteiger partial charge in [-0.05, 0) is 62.5 Å². The largest absolute Gasteiger partial charge is 2.00 e. The summed E-state index contributed by atoms with van der Waals surface area (Å²) in [6.07, 6.45) is 7.80. The van der Waals surface area contributed by atoms with E-state index in [2.05, 4.69) is 40.7 Å². The van der Waals surface area contributed by atoms with Crippen molar-refractivity contribution in [3.63, 3.8) is 0 Å². The third kappa shape index (κ3) is 4.54. The molecule has 0 aromatic carbocycles. The van der Waals surface area contributed by atoms with Gasteiger partial charge in [0.15, 0.2) is 5.78 Å². The molecule has 1 saturated carbocycles. The number of ketones is 1. The van der Waals surface area contributed by atoms with Gasteiger partial charge in [-0.25, -0.2) is 4.99 Å². The first-order valence-corrected chi connectivity index (χ1v) is 14.7. The average Bonchev–Trinajstić information content (AvgIpc) is 3.61. The summed E-state index contributed by atoms with van der Waals surface area (Å²) in [4.78, 5) is 42.2. The van der Waals surface area contributed by atoms with Gasteiger partial charge in [0.2, 0.25) is 0 Å². The Labute approximate surface area is 252 Å². The second-order valence-electron chi connectivity index (χ2n) is 11.8. The summed E-state index contributed by atoms with van der Waals surface area (Å²) in [5.41, 5.74) is 11.3. The van der Waals surface area contributed by atoms with Gasteiger partial charge in [0.1, 0.15) is 0 Å². The zero-order valence-corrected chi connectivity index (χ0v) is 25.9. The second kappa shape index (κ2) is 11.0. The number of allylic oxidation sites excluding steroid dienone is 5. The van der Waals surface area contributed by atoms with Crippen LogP contribution in [0.4, 0.5) is 0 Å². The number of aromatic nitrogens is 1. The van der Waals surface area contributed by atoms with Crippen molar-refractivity contribution in [1.82, 2.24) is 4.98 Å². The fourth-order valence-electron chi connectivity index (χ4n) is 7.38. The van der Waals surface area contributed by atoms with E-state index in [0.29, 0.717) is 17.7 Å². The van der Waals surface area contributed by atoms with Crippen molar-refractivity contribution in [2.45, 2.75) is 79.7 Å². The molecule has 1 aromatic rings. The molecule has 1 aromatic heterocycles. The maximum atomic E-state index is 13.6. The molecule has 1 aliphatic carbocycles. The van der Waals surface area contributed by atoms with Crippen LogP contribution in [-0.2, 0) is 43.7 Å². The Hall–Kier alpha value is -2.99. The Morgan fingerprint density at radius 1 is 1.15 bits per heavy atom. The Morgan fingerprint density at radius 2 is 1.90 bits per heavy atom. The molecule has 0 amide bonds. The number of fused-ring (bicyclic) bond motifs is 6. The third-order valence-electron chi connectivity index (χ3n) is 9.84. The molecule has 4 aliphatic heterocycles. The van der Waals surface area contributed by atoms with Crippen LogP contribution in [0.25, 0.3) is 11.4 Å². The van der Waals surface area contributed by atoms with E-state index in [1.165, 1.54) is 18.2 Å². The van der Waals surface area contributed by atoms with Gasteiger partial charge in [-0.15, -0.1) is 11.4 Å². The van der Waals surface area contributed by atoms with E-state index >= 15 is 0 Å². The number of Topliss-reactive ketones (excluding diaryl/α,β-unsaturated/α-hetero) is 1. The molecule has 41 heavy (non-hydrogen) atoms. The van der Waals surface area contributed by atoms with Crippen LogP contribution in [0.5, 0.6) is 0 Å². The molecule has 1 saturated heterocycles. The number of esters is 1. The van der Waals surface area contributed by atoms with E-state index in [4.69, 9.17) is 25.0 Å². The SMILES string of the molecule is CCC1=C(C)/C2=C/c3[n-]c(c(C)c3CC)CC3N=C4/C(=C5\[N-]/C(=C\C1=N2)C(C)C5C(=O)OC)C(=O)CC[C@H]4[C@@H]3C.[Ni+2]. The van der Waals surface area contributed by atoms with Gasteiger partial charge < -0.3 is 15.0 Å². The molecule has 8 bridgehead atoms. The van der Waals surface area contributed by atoms with Crippen LogP contribution in [0.1, 0.15) is 76.4 Å². The number of carbonyl (C=O) groups excluding carboxylic acids is 2. The molecule has 7 nitrogen and oxygen atoms in total. The summed E-state index contributed by atoms with van der Waals surface area (Å²) >= 11 is 0. The summed E-state index contributed by atoms with van der Waals surface area (Å²) in [6.45, 7) is 12.8. The van der Waals surface area contributed by atoms with E-state index in [1.54, 1.807) is 0 Å². The standard InChI is InChI=1S/C33H39N4O3.Ni/c1-8-19-15(3)22-12-24-17(5)21-10-11-28(38)30(31(21)36-24)32-29(33(39)40-7)18(6)25(37-32)14-27-20(9-2)16(4)23(35-27)13-26(19)34-22;/h13-14,17-18,21,24,29H,8-12H2,1-7H3,(H-,34,35,36,37,38);/q-1;+2/p-1/t17-,18?,21-,24?,29?;/m0./s1. The molecule has 5 atom stereocenters. The normalized spacial score (nSPS) is 32.9. The third-order valence-corrected chi connectivity index (χ3v) is 9.84. The van der Waals surface area contributed by atoms with Gasteiger partial charge in [-0.2, -0.15) is 11.4 Å². The number of aliphatic imine (C=N–C) groups is 2. The van der Waals surface area contributed by atoms with E-state index < -0.39 is 5.92 Å². The van der Waals surface area contributed by atoms with E-state index in [9.17, 15) is 9.59 Å². The van der Waals surface area contributed by atoms with Crippen LogP contribution in [-0.4, -0.2) is 36.3 Å². The molecule has 8 heteroatoms. The average molecular weight is 597 g/mol. The maximum absolute atomic E-state index is 13.6. The van der Waals surface area contributed by atoms with Crippen molar-refractivity contribution >= 4 is 29.3 Å². The number of carbonyl (C=O) groups is 2. The number of hydrogen-bond acceptors (Lipinski definition) is 5. The number of hydrogen-bond donors (Lipinski definition) is 0. The molecule has 0 spiro atoms. The molecular weight excluding hydrogens is 559 g/mol. The Bertz CT molecular complexity index is 1520. The van der Waals surface area contributed by atoms with Crippen LogP contribution in [0.2, 0.25) is 0 Å². The number of ether oxygens (including phenoxy) is 1. The Morgan fingerprint density at radius 3 is 2.59 bits per heavy atom. The Kier molecular flexibility index (Phi) is 7.93. The van der Waals surface area contributed by atoms with Crippen molar-refractivity contribution in [2.75, 3.05) is 7.11 Å². The van der Waals surface area contributed by atoms with Crippen molar-refractivity contribution in [2.24, 2.45) is 33.7 Å². The van der Waals surface area contributed by atoms with Gasteiger partial charge in [0, 0.05) is 23.6 Å². The maximum Gasteiger partial charge on any atom is 2.00 e. The summed E-state index contributed by atoms with van der Waals surface area (Å²) < 4.78 is 5.26. The molecule has 2 fully saturated rings. The summed E-state index contributed by atoms with van der Waals surface area (Å²) in [7, 11) is 1.40. The summed E-state index contributed by atoms with van der Waals surface area (Å²) in [5, 5.41) is 5.03. The zero-order valence-electron chi connectivity index (χ0n) is 24.9. The van der Waals surface area contributed by atoms with Crippen LogP contribution < -0.4 is 4.98 Å². The molecule has 6 rings (SSSR count).